The smallest absolute Gasteiger partial charge is 0.247 e. The van der Waals surface area contributed by atoms with Gasteiger partial charge in [-0.3, -0.25) is 4.79 Å². The monoisotopic (exact) mass is 372 g/mol. The van der Waals surface area contributed by atoms with Crippen LogP contribution in [0.15, 0.2) is 0 Å². The van der Waals surface area contributed by atoms with Crippen molar-refractivity contribution in [3.63, 3.8) is 0 Å². The van der Waals surface area contributed by atoms with Crippen LogP contribution in [0.3, 0.4) is 0 Å². The van der Waals surface area contributed by atoms with Crippen molar-refractivity contribution in [1.29, 1.82) is 0 Å². The van der Waals surface area contributed by atoms with Crippen LogP contribution in [0.4, 0.5) is 22.5 Å². The van der Waals surface area contributed by atoms with Gasteiger partial charge in [0.15, 0.2) is 16.8 Å². The van der Waals surface area contributed by atoms with E-state index in [0.717, 1.165) is 24.4 Å². The number of aromatic nitrogens is 3. The average Bonchev–Trinajstić information content (AvgIpc) is 3.03. The second-order valence-electron chi connectivity index (χ2n) is 7.06. The molecule has 1 aliphatic carbocycles. The molecule has 0 spiro atoms. The predicted molar refractivity (Wildman–Crippen MR) is 104 cm³/mol. The molecule has 1 aliphatic heterocycles. The van der Waals surface area contributed by atoms with Gasteiger partial charge in [0, 0.05) is 4.88 Å². The molecule has 2 aromatic rings. The Morgan fingerprint density at radius 1 is 1.27 bits per heavy atom. The molecule has 0 fully saturated rings. The van der Waals surface area contributed by atoms with E-state index in [-0.39, 0.29) is 17.9 Å². The molecule has 4 rings (SSSR count). The second kappa shape index (κ2) is 6.83. The van der Waals surface area contributed by atoms with Crippen LogP contribution >= 0.6 is 11.3 Å². The fourth-order valence-corrected chi connectivity index (χ4v) is 4.49. The third-order valence-electron chi connectivity index (χ3n) is 5.13. The number of carbonyl (C=O) groups excluding carboxylic acids is 1. The van der Waals surface area contributed by atoms with Crippen molar-refractivity contribution in [1.82, 2.24) is 15.0 Å². The maximum atomic E-state index is 12.5. The maximum Gasteiger partial charge on any atom is 0.247 e. The molecular weight excluding hydrogens is 348 g/mol. The number of carbonyl (C=O) groups is 1. The molecule has 8 heteroatoms. The molecule has 2 aliphatic rings. The zero-order valence-corrected chi connectivity index (χ0v) is 16.2. The van der Waals surface area contributed by atoms with Crippen molar-refractivity contribution in [2.45, 2.75) is 58.9 Å². The summed E-state index contributed by atoms with van der Waals surface area (Å²) in [5, 5.41) is 10.4. The van der Waals surface area contributed by atoms with Crippen LogP contribution in [0.5, 0.6) is 0 Å². The molecule has 3 N–H and O–H groups in total. The summed E-state index contributed by atoms with van der Waals surface area (Å²) in [4.78, 5) is 27.6. The quantitative estimate of drug-likeness (QED) is 0.759. The lowest BCUT2D eigenvalue weighted by Gasteiger charge is -2.30. The number of nitrogens with zero attached hydrogens (tertiary/aromatic N) is 3. The molecule has 138 valence electrons. The Bertz CT molecular complexity index is 825. The summed E-state index contributed by atoms with van der Waals surface area (Å²) in [6.07, 6.45) is 5.50. The van der Waals surface area contributed by atoms with E-state index in [9.17, 15) is 4.79 Å². The Balaban J connectivity index is 1.65. The highest BCUT2D eigenvalue weighted by molar-refractivity contribution is 7.15. The number of hydrogen-bond donors (Lipinski definition) is 3. The molecule has 1 amide bonds. The van der Waals surface area contributed by atoms with Gasteiger partial charge in [-0.15, -0.1) is 11.3 Å². The van der Waals surface area contributed by atoms with E-state index < -0.39 is 0 Å². The molecule has 0 saturated heterocycles. The molecule has 0 bridgehead atoms. The highest BCUT2D eigenvalue weighted by Gasteiger charge is 2.32. The molecule has 7 nitrogen and oxygen atoms in total. The lowest BCUT2D eigenvalue weighted by atomic mass is 9.97. The van der Waals surface area contributed by atoms with Crippen molar-refractivity contribution < 1.29 is 4.79 Å². The first kappa shape index (κ1) is 17.2. The topological polar surface area (TPSA) is 91.8 Å². The summed E-state index contributed by atoms with van der Waals surface area (Å²) in [5.41, 5.74) is 1.80. The van der Waals surface area contributed by atoms with Gasteiger partial charge in [-0.05, 0) is 38.5 Å². The Morgan fingerprint density at radius 3 is 2.85 bits per heavy atom. The lowest BCUT2D eigenvalue weighted by Crippen LogP contribution is -2.43. The van der Waals surface area contributed by atoms with E-state index in [1.165, 1.54) is 23.4 Å². The molecule has 0 aromatic carbocycles. The van der Waals surface area contributed by atoms with Gasteiger partial charge >= 0.3 is 0 Å². The van der Waals surface area contributed by atoms with Crippen LogP contribution in [0.1, 0.15) is 49.5 Å². The van der Waals surface area contributed by atoms with Crippen LogP contribution in [0.25, 0.3) is 0 Å². The van der Waals surface area contributed by atoms with E-state index in [4.69, 9.17) is 4.98 Å². The molecule has 2 unspecified atom stereocenters. The molecule has 2 atom stereocenters. The van der Waals surface area contributed by atoms with Gasteiger partial charge in [-0.25, -0.2) is 15.0 Å². The largest absolute Gasteiger partial charge is 0.356 e. The number of amides is 1. The zero-order chi connectivity index (χ0) is 18.3. The van der Waals surface area contributed by atoms with Gasteiger partial charge in [0.1, 0.15) is 17.6 Å². The minimum atomic E-state index is -0.276. The predicted octanol–water partition coefficient (Wildman–Crippen LogP) is 3.64. The highest BCUT2D eigenvalue weighted by atomic mass is 32.1. The van der Waals surface area contributed by atoms with Crippen molar-refractivity contribution in [3.05, 3.63) is 16.4 Å². The highest BCUT2D eigenvalue weighted by Crippen LogP contribution is 2.37. The maximum absolute atomic E-state index is 12.5. The minimum Gasteiger partial charge on any atom is -0.356 e. The number of hydrogen-bond acceptors (Lipinski definition) is 7. The van der Waals surface area contributed by atoms with Gasteiger partial charge < -0.3 is 16.0 Å². The summed E-state index contributed by atoms with van der Waals surface area (Å²) >= 11 is 1.68. The number of rotatable bonds is 4. The van der Waals surface area contributed by atoms with E-state index in [0.29, 0.717) is 23.1 Å². The van der Waals surface area contributed by atoms with Gasteiger partial charge in [0.05, 0.1) is 5.69 Å². The summed E-state index contributed by atoms with van der Waals surface area (Å²) in [7, 11) is 0. The third kappa shape index (κ3) is 3.13. The minimum absolute atomic E-state index is 0.0409. The van der Waals surface area contributed by atoms with E-state index in [1.807, 2.05) is 6.92 Å². The van der Waals surface area contributed by atoms with Crippen molar-refractivity contribution in [3.8, 4) is 0 Å². The lowest BCUT2D eigenvalue weighted by molar-refractivity contribution is -0.118. The van der Waals surface area contributed by atoms with E-state index in [1.54, 1.807) is 11.3 Å². The first-order chi connectivity index (χ1) is 12.5. The first-order valence-electron chi connectivity index (χ1n) is 9.26. The van der Waals surface area contributed by atoms with Crippen molar-refractivity contribution in [2.24, 2.45) is 5.92 Å². The third-order valence-corrected chi connectivity index (χ3v) is 6.20. The fourth-order valence-electron chi connectivity index (χ4n) is 3.44. The SMILES string of the molecule is CCC(C)C1Nc2nc(C)nc(Nc3nc4c(s3)CCCC4)c2NC1=O. The number of anilines is 4. The van der Waals surface area contributed by atoms with E-state index in [2.05, 4.69) is 39.8 Å². The molecule has 2 aromatic heterocycles. The molecule has 0 saturated carbocycles. The number of fused-ring (bicyclic) bond motifs is 2. The number of thiazole rings is 1. The summed E-state index contributed by atoms with van der Waals surface area (Å²) in [6, 6.07) is -0.276. The zero-order valence-electron chi connectivity index (χ0n) is 15.3. The van der Waals surface area contributed by atoms with Crippen molar-refractivity contribution >= 4 is 39.7 Å². The van der Waals surface area contributed by atoms with Crippen LogP contribution in [-0.2, 0) is 17.6 Å². The number of nitrogens with one attached hydrogen (secondary N) is 3. The molecule has 26 heavy (non-hydrogen) atoms. The molecular formula is C18H24N6OS. The number of aryl methyl sites for hydroxylation is 3. The van der Waals surface area contributed by atoms with Crippen molar-refractivity contribution in [2.75, 3.05) is 16.0 Å². The standard InChI is InChI=1S/C18H24N6OS/c1-4-9(2)13-17(25)23-14-15(22-13)19-10(3)20-16(14)24-18-21-11-7-5-6-8-12(11)26-18/h9,13H,4-8H2,1-3H3,(H,23,25)(H2,19,20,21,22,24). The van der Waals surface area contributed by atoms with Crippen LogP contribution in [0, 0.1) is 12.8 Å². The normalized spacial score (nSPS) is 19.8. The van der Waals surface area contributed by atoms with Crippen LogP contribution in [0.2, 0.25) is 0 Å². The van der Waals surface area contributed by atoms with Crippen LogP contribution < -0.4 is 16.0 Å². The Kier molecular flexibility index (Phi) is 4.52. The van der Waals surface area contributed by atoms with Gasteiger partial charge in [-0.1, -0.05) is 20.3 Å². The Hall–Kier alpha value is -2.22. The molecule has 0 radical (unpaired) electrons. The fraction of sp³-hybridized carbons (Fsp3) is 0.556. The second-order valence-corrected chi connectivity index (χ2v) is 8.14. The first-order valence-corrected chi connectivity index (χ1v) is 10.1. The van der Waals surface area contributed by atoms with Gasteiger partial charge in [0.2, 0.25) is 5.91 Å². The average molecular weight is 372 g/mol. The van der Waals surface area contributed by atoms with Gasteiger partial charge in [-0.2, -0.15) is 0 Å². The summed E-state index contributed by atoms with van der Waals surface area (Å²) in [5.74, 6) is 2.11. The molecule has 3 heterocycles. The Morgan fingerprint density at radius 2 is 2.08 bits per heavy atom. The van der Waals surface area contributed by atoms with Crippen LogP contribution in [-0.4, -0.2) is 26.9 Å². The van der Waals surface area contributed by atoms with Gasteiger partial charge in [0.25, 0.3) is 0 Å². The van der Waals surface area contributed by atoms with E-state index >= 15 is 0 Å². The Labute approximate surface area is 157 Å². The summed E-state index contributed by atoms with van der Waals surface area (Å²) < 4.78 is 0. The summed E-state index contributed by atoms with van der Waals surface area (Å²) in [6.45, 7) is 6.00.